The number of halogens is 2. The molecule has 0 aliphatic heterocycles. The van der Waals surface area contributed by atoms with Crippen LogP contribution in [-0.4, -0.2) is 18.5 Å². The molecule has 1 aromatic carbocycles. The second-order valence-electron chi connectivity index (χ2n) is 5.35. The van der Waals surface area contributed by atoms with Crippen LogP contribution in [0.1, 0.15) is 32.8 Å². The number of nitrogens with two attached hydrogens (primary N) is 1. The van der Waals surface area contributed by atoms with E-state index >= 15 is 0 Å². The van der Waals surface area contributed by atoms with E-state index < -0.39 is 0 Å². The molecule has 1 amide bonds. The fraction of sp³-hybridized carbons (Fsp3) is 0.500. The Morgan fingerprint density at radius 3 is 2.63 bits per heavy atom. The number of rotatable bonds is 5. The van der Waals surface area contributed by atoms with Crippen LogP contribution in [0.25, 0.3) is 0 Å². The molecule has 0 saturated carbocycles. The first-order chi connectivity index (χ1) is 8.31. The van der Waals surface area contributed by atoms with Crippen molar-refractivity contribution in [1.29, 1.82) is 0 Å². The number of amides is 1. The summed E-state index contributed by atoms with van der Waals surface area (Å²) in [7, 11) is 0. The Kier molecular flexibility index (Phi) is 7.01. The first-order valence-electron chi connectivity index (χ1n) is 6.09. The van der Waals surface area contributed by atoms with Crippen LogP contribution in [0.15, 0.2) is 24.3 Å². The highest BCUT2D eigenvalue weighted by Crippen LogP contribution is 2.22. The highest BCUT2D eigenvalue weighted by atomic mass is 35.5. The molecule has 0 radical (unpaired) electrons. The second kappa shape index (κ2) is 7.46. The van der Waals surface area contributed by atoms with Crippen LogP contribution in [-0.2, 0) is 10.2 Å². The highest BCUT2D eigenvalue weighted by molar-refractivity contribution is 5.85. The standard InChI is InChI=1S/C14H21FN2O.ClH/c1-10(16)7-13(18)17-9-14(2,3)11-5-4-6-12(15)8-11;/h4-6,8,10H,7,9,16H2,1-3H3,(H,17,18);1H. The van der Waals surface area contributed by atoms with Gasteiger partial charge >= 0.3 is 0 Å². The smallest absolute Gasteiger partial charge is 0.221 e. The minimum absolute atomic E-state index is 0. The molecule has 1 atom stereocenters. The van der Waals surface area contributed by atoms with Gasteiger partial charge in [-0.3, -0.25) is 4.79 Å². The van der Waals surface area contributed by atoms with E-state index in [1.165, 1.54) is 12.1 Å². The van der Waals surface area contributed by atoms with E-state index in [4.69, 9.17) is 5.73 Å². The first kappa shape index (κ1) is 17.9. The van der Waals surface area contributed by atoms with Crippen molar-refractivity contribution in [3.63, 3.8) is 0 Å². The number of benzene rings is 1. The van der Waals surface area contributed by atoms with Gasteiger partial charge in [0.05, 0.1) is 0 Å². The third-order valence-corrected chi connectivity index (χ3v) is 2.84. The Balaban J connectivity index is 0.00000324. The summed E-state index contributed by atoms with van der Waals surface area (Å²) in [6.07, 6.45) is 0.305. The summed E-state index contributed by atoms with van der Waals surface area (Å²) in [5.41, 5.74) is 6.11. The molecule has 108 valence electrons. The summed E-state index contributed by atoms with van der Waals surface area (Å²) in [6, 6.07) is 6.30. The Morgan fingerprint density at radius 2 is 2.11 bits per heavy atom. The highest BCUT2D eigenvalue weighted by Gasteiger charge is 2.21. The fourth-order valence-electron chi connectivity index (χ4n) is 1.70. The van der Waals surface area contributed by atoms with Gasteiger partial charge in [0.15, 0.2) is 0 Å². The van der Waals surface area contributed by atoms with Gasteiger partial charge in [-0.05, 0) is 24.6 Å². The average Bonchev–Trinajstić information content (AvgIpc) is 2.26. The number of hydrogen-bond acceptors (Lipinski definition) is 2. The molecule has 0 spiro atoms. The molecule has 19 heavy (non-hydrogen) atoms. The molecule has 0 saturated heterocycles. The van der Waals surface area contributed by atoms with Crippen molar-refractivity contribution >= 4 is 18.3 Å². The van der Waals surface area contributed by atoms with Crippen LogP contribution >= 0.6 is 12.4 Å². The van der Waals surface area contributed by atoms with Crippen LogP contribution in [0.2, 0.25) is 0 Å². The van der Waals surface area contributed by atoms with Crippen molar-refractivity contribution in [2.45, 2.75) is 38.6 Å². The maximum absolute atomic E-state index is 13.2. The fourth-order valence-corrected chi connectivity index (χ4v) is 1.70. The van der Waals surface area contributed by atoms with Gasteiger partial charge in [-0.2, -0.15) is 0 Å². The summed E-state index contributed by atoms with van der Waals surface area (Å²) < 4.78 is 13.2. The molecule has 0 aliphatic rings. The molecule has 0 bridgehead atoms. The Morgan fingerprint density at radius 1 is 1.47 bits per heavy atom. The van der Waals surface area contributed by atoms with Gasteiger partial charge in [-0.15, -0.1) is 12.4 Å². The topological polar surface area (TPSA) is 55.1 Å². The molecular formula is C14H22ClFN2O. The van der Waals surface area contributed by atoms with E-state index in [9.17, 15) is 9.18 Å². The molecule has 0 fully saturated rings. The number of carbonyl (C=O) groups is 1. The monoisotopic (exact) mass is 288 g/mol. The lowest BCUT2D eigenvalue weighted by Crippen LogP contribution is -2.38. The third-order valence-electron chi connectivity index (χ3n) is 2.84. The molecule has 3 nitrogen and oxygen atoms in total. The summed E-state index contributed by atoms with van der Waals surface area (Å²) >= 11 is 0. The van der Waals surface area contributed by atoms with Gasteiger partial charge in [0.25, 0.3) is 0 Å². The van der Waals surface area contributed by atoms with Crippen molar-refractivity contribution in [3.8, 4) is 0 Å². The van der Waals surface area contributed by atoms with E-state index in [-0.39, 0.29) is 35.6 Å². The normalized spacial score (nSPS) is 12.5. The van der Waals surface area contributed by atoms with Gasteiger partial charge in [-0.1, -0.05) is 26.0 Å². The quantitative estimate of drug-likeness (QED) is 0.874. The Bertz CT molecular complexity index is 422. The molecule has 5 heteroatoms. The van der Waals surface area contributed by atoms with Crippen LogP contribution in [0, 0.1) is 5.82 Å². The molecule has 1 rings (SSSR count). The van der Waals surface area contributed by atoms with Gasteiger partial charge in [0.1, 0.15) is 5.82 Å². The Hall–Kier alpha value is -1.13. The molecule has 0 aliphatic carbocycles. The molecule has 0 heterocycles. The molecule has 1 aromatic rings. The van der Waals surface area contributed by atoms with Gasteiger partial charge < -0.3 is 11.1 Å². The van der Waals surface area contributed by atoms with Crippen LogP contribution < -0.4 is 11.1 Å². The summed E-state index contributed by atoms with van der Waals surface area (Å²) in [6.45, 7) is 6.18. The number of carbonyl (C=O) groups excluding carboxylic acids is 1. The van der Waals surface area contributed by atoms with E-state index in [2.05, 4.69) is 5.32 Å². The first-order valence-corrected chi connectivity index (χ1v) is 6.09. The van der Waals surface area contributed by atoms with Crippen molar-refractivity contribution in [2.75, 3.05) is 6.54 Å². The van der Waals surface area contributed by atoms with E-state index in [1.54, 1.807) is 13.0 Å². The van der Waals surface area contributed by atoms with Crippen molar-refractivity contribution < 1.29 is 9.18 Å². The van der Waals surface area contributed by atoms with Crippen molar-refractivity contribution in [2.24, 2.45) is 5.73 Å². The summed E-state index contributed by atoms with van der Waals surface area (Å²) in [4.78, 5) is 11.5. The van der Waals surface area contributed by atoms with E-state index in [0.29, 0.717) is 13.0 Å². The number of nitrogens with one attached hydrogen (secondary N) is 1. The molecule has 0 aromatic heterocycles. The van der Waals surface area contributed by atoms with Gasteiger partial charge in [-0.25, -0.2) is 4.39 Å². The van der Waals surface area contributed by atoms with Gasteiger partial charge in [0.2, 0.25) is 5.91 Å². The van der Waals surface area contributed by atoms with Crippen molar-refractivity contribution in [3.05, 3.63) is 35.6 Å². The predicted octanol–water partition coefficient (Wildman–Crippen LogP) is 2.38. The van der Waals surface area contributed by atoms with Crippen molar-refractivity contribution in [1.82, 2.24) is 5.32 Å². The molecule has 1 unspecified atom stereocenters. The lowest BCUT2D eigenvalue weighted by atomic mass is 9.84. The van der Waals surface area contributed by atoms with E-state index in [1.807, 2.05) is 19.9 Å². The maximum Gasteiger partial charge on any atom is 0.221 e. The Labute approximate surface area is 120 Å². The molecular weight excluding hydrogens is 267 g/mol. The maximum atomic E-state index is 13.2. The third kappa shape index (κ3) is 6.03. The zero-order valence-electron chi connectivity index (χ0n) is 11.6. The summed E-state index contributed by atoms with van der Waals surface area (Å²) in [5.74, 6) is -0.336. The van der Waals surface area contributed by atoms with Crippen LogP contribution in [0.4, 0.5) is 4.39 Å². The molecule has 3 N–H and O–H groups in total. The summed E-state index contributed by atoms with van der Waals surface area (Å²) in [5, 5.41) is 2.83. The zero-order valence-corrected chi connectivity index (χ0v) is 12.4. The SMILES string of the molecule is CC(N)CC(=O)NCC(C)(C)c1cccc(F)c1.Cl. The van der Waals surface area contributed by atoms with Crippen LogP contribution in [0.5, 0.6) is 0 Å². The lowest BCUT2D eigenvalue weighted by molar-refractivity contribution is -0.121. The minimum atomic E-state index is -0.310. The largest absolute Gasteiger partial charge is 0.355 e. The zero-order chi connectivity index (χ0) is 13.8. The average molecular weight is 289 g/mol. The predicted molar refractivity (Wildman–Crippen MR) is 78.0 cm³/mol. The van der Waals surface area contributed by atoms with E-state index in [0.717, 1.165) is 5.56 Å². The minimum Gasteiger partial charge on any atom is -0.355 e. The lowest BCUT2D eigenvalue weighted by Gasteiger charge is -2.26. The van der Waals surface area contributed by atoms with Gasteiger partial charge in [0, 0.05) is 24.4 Å². The number of hydrogen-bond donors (Lipinski definition) is 2. The van der Waals surface area contributed by atoms with Crippen LogP contribution in [0.3, 0.4) is 0 Å². The second-order valence-corrected chi connectivity index (χ2v) is 5.35.